The van der Waals surface area contributed by atoms with Crippen molar-refractivity contribution in [2.24, 2.45) is 5.73 Å². The number of nitrogens with zero attached hydrogens (tertiary/aromatic N) is 3. The highest BCUT2D eigenvalue weighted by Crippen LogP contribution is 2.40. The molecule has 4 rings (SSSR count). The van der Waals surface area contributed by atoms with Crippen LogP contribution in [0.4, 0.5) is 0 Å². The van der Waals surface area contributed by atoms with Crippen molar-refractivity contribution >= 4 is 0 Å². The first-order chi connectivity index (χ1) is 10.3. The molecule has 1 aliphatic carbocycles. The number of aromatic nitrogens is 2. The van der Waals surface area contributed by atoms with Crippen molar-refractivity contribution in [3.8, 4) is 0 Å². The van der Waals surface area contributed by atoms with Crippen LogP contribution in [0.3, 0.4) is 0 Å². The zero-order chi connectivity index (χ0) is 14.3. The number of imidazole rings is 1. The molecule has 2 heterocycles. The van der Waals surface area contributed by atoms with Gasteiger partial charge in [-0.1, -0.05) is 24.3 Å². The van der Waals surface area contributed by atoms with E-state index in [0.29, 0.717) is 6.54 Å². The molecule has 1 aromatic heterocycles. The molecule has 0 bridgehead atoms. The largest absolute Gasteiger partial charge is 0.333 e. The van der Waals surface area contributed by atoms with E-state index in [9.17, 15) is 0 Å². The summed E-state index contributed by atoms with van der Waals surface area (Å²) in [6.45, 7) is 3.65. The summed E-state index contributed by atoms with van der Waals surface area (Å²) >= 11 is 0. The number of hydrogen-bond donors (Lipinski definition) is 1. The number of nitrogens with two attached hydrogens (primary N) is 1. The zero-order valence-electron chi connectivity index (χ0n) is 12.3. The Morgan fingerprint density at radius 1 is 1.24 bits per heavy atom. The molecule has 0 saturated carbocycles. The van der Waals surface area contributed by atoms with Crippen LogP contribution in [-0.2, 0) is 25.0 Å². The lowest BCUT2D eigenvalue weighted by atomic mass is 9.75. The van der Waals surface area contributed by atoms with Gasteiger partial charge in [0.05, 0.1) is 12.1 Å². The highest BCUT2D eigenvalue weighted by molar-refractivity contribution is 5.37. The second-order valence-electron chi connectivity index (χ2n) is 6.20. The van der Waals surface area contributed by atoms with Gasteiger partial charge in [0, 0.05) is 32.0 Å². The summed E-state index contributed by atoms with van der Waals surface area (Å²) in [5, 5.41) is 0. The van der Waals surface area contributed by atoms with Gasteiger partial charge in [0.2, 0.25) is 0 Å². The van der Waals surface area contributed by atoms with Crippen LogP contribution in [0.2, 0.25) is 0 Å². The van der Waals surface area contributed by atoms with Gasteiger partial charge in [-0.25, -0.2) is 4.98 Å². The minimum Gasteiger partial charge on any atom is -0.333 e. The molecule has 1 aromatic carbocycles. The van der Waals surface area contributed by atoms with E-state index in [4.69, 9.17) is 5.73 Å². The lowest BCUT2D eigenvalue weighted by Gasteiger charge is -2.48. The average molecular weight is 282 g/mol. The minimum atomic E-state index is -0.00789. The van der Waals surface area contributed by atoms with Gasteiger partial charge in [-0.3, -0.25) is 4.90 Å². The fourth-order valence-corrected chi connectivity index (χ4v) is 4.11. The van der Waals surface area contributed by atoms with Gasteiger partial charge >= 0.3 is 0 Å². The minimum absolute atomic E-state index is 0.00789. The molecule has 2 N–H and O–H groups in total. The quantitative estimate of drug-likeness (QED) is 0.915. The number of aryl methyl sites for hydroxylation is 1. The van der Waals surface area contributed by atoms with E-state index < -0.39 is 0 Å². The van der Waals surface area contributed by atoms with Crippen molar-refractivity contribution < 1.29 is 0 Å². The van der Waals surface area contributed by atoms with Gasteiger partial charge in [0.15, 0.2) is 0 Å². The van der Waals surface area contributed by atoms with Crippen molar-refractivity contribution in [1.29, 1.82) is 0 Å². The van der Waals surface area contributed by atoms with Crippen LogP contribution in [-0.4, -0.2) is 27.5 Å². The molecule has 0 spiro atoms. The van der Waals surface area contributed by atoms with Gasteiger partial charge in [-0.15, -0.1) is 0 Å². The maximum Gasteiger partial charge on any atom is 0.122 e. The fourth-order valence-electron chi connectivity index (χ4n) is 4.11. The molecular formula is C17H22N4. The van der Waals surface area contributed by atoms with Gasteiger partial charge in [-0.05, 0) is 30.4 Å². The van der Waals surface area contributed by atoms with Crippen molar-refractivity contribution in [1.82, 2.24) is 14.5 Å². The van der Waals surface area contributed by atoms with Crippen molar-refractivity contribution in [3.05, 3.63) is 53.6 Å². The van der Waals surface area contributed by atoms with E-state index >= 15 is 0 Å². The molecule has 4 nitrogen and oxygen atoms in total. The molecule has 2 aromatic rings. The van der Waals surface area contributed by atoms with Crippen molar-refractivity contribution in [3.63, 3.8) is 0 Å². The van der Waals surface area contributed by atoms with E-state index in [1.807, 2.05) is 6.20 Å². The Morgan fingerprint density at radius 3 is 3.05 bits per heavy atom. The highest BCUT2D eigenvalue weighted by Gasteiger charge is 2.41. The summed E-state index contributed by atoms with van der Waals surface area (Å²) in [7, 11) is 0. The second-order valence-corrected chi connectivity index (χ2v) is 6.20. The first-order valence-corrected chi connectivity index (χ1v) is 7.87. The molecule has 110 valence electrons. The topological polar surface area (TPSA) is 47.1 Å². The van der Waals surface area contributed by atoms with Crippen molar-refractivity contribution in [2.45, 2.75) is 37.9 Å². The number of fused-ring (bicyclic) bond motifs is 2. The molecule has 1 atom stereocenters. The van der Waals surface area contributed by atoms with Crippen LogP contribution >= 0.6 is 0 Å². The first kappa shape index (κ1) is 13.0. The van der Waals surface area contributed by atoms with Crippen LogP contribution in [0.25, 0.3) is 0 Å². The third kappa shape index (κ3) is 1.93. The summed E-state index contributed by atoms with van der Waals surface area (Å²) in [6.07, 6.45) is 7.54. The Morgan fingerprint density at radius 2 is 2.14 bits per heavy atom. The van der Waals surface area contributed by atoms with Crippen molar-refractivity contribution in [2.75, 3.05) is 13.1 Å². The molecule has 0 fully saturated rings. The van der Waals surface area contributed by atoms with Gasteiger partial charge in [-0.2, -0.15) is 0 Å². The van der Waals surface area contributed by atoms with Gasteiger partial charge in [0.1, 0.15) is 5.82 Å². The Labute approximate surface area is 125 Å². The molecule has 1 aliphatic heterocycles. The summed E-state index contributed by atoms with van der Waals surface area (Å²) in [4.78, 5) is 7.07. The Hall–Kier alpha value is -1.65. The van der Waals surface area contributed by atoms with Gasteiger partial charge < -0.3 is 10.3 Å². The summed E-state index contributed by atoms with van der Waals surface area (Å²) in [5.74, 6) is 1.16. The smallest absolute Gasteiger partial charge is 0.122 e. The maximum absolute atomic E-state index is 6.31. The van der Waals surface area contributed by atoms with Gasteiger partial charge in [0.25, 0.3) is 0 Å². The molecule has 1 unspecified atom stereocenters. The fraction of sp³-hybridized carbons (Fsp3) is 0.471. The lowest BCUT2D eigenvalue weighted by molar-refractivity contribution is 0.0455. The second kappa shape index (κ2) is 4.97. The molecular weight excluding hydrogens is 260 g/mol. The predicted octanol–water partition coefficient (Wildman–Crippen LogP) is 1.89. The lowest BCUT2D eigenvalue weighted by Crippen LogP contribution is -2.55. The SMILES string of the molecule is NCC1(N2CCn3ccnc3C2)CCCc2ccccc21. The van der Waals surface area contributed by atoms with Crippen LogP contribution in [0.15, 0.2) is 36.7 Å². The maximum atomic E-state index is 6.31. The van der Waals surface area contributed by atoms with Crippen LogP contribution in [0.1, 0.15) is 29.8 Å². The molecule has 4 heteroatoms. The molecule has 0 amide bonds. The number of benzene rings is 1. The third-order valence-electron chi connectivity index (χ3n) is 5.24. The van der Waals surface area contributed by atoms with E-state index in [2.05, 4.69) is 44.9 Å². The molecule has 0 saturated heterocycles. The molecule has 2 aliphatic rings. The summed E-state index contributed by atoms with van der Waals surface area (Å²) in [6, 6.07) is 8.85. The van der Waals surface area contributed by atoms with Crippen LogP contribution in [0, 0.1) is 0 Å². The first-order valence-electron chi connectivity index (χ1n) is 7.87. The zero-order valence-corrected chi connectivity index (χ0v) is 12.3. The predicted molar refractivity (Wildman–Crippen MR) is 82.7 cm³/mol. The van der Waals surface area contributed by atoms with E-state index in [1.165, 1.54) is 24.0 Å². The Kier molecular flexibility index (Phi) is 3.08. The Bertz CT molecular complexity index is 648. The normalized spacial score (nSPS) is 25.4. The van der Waals surface area contributed by atoms with E-state index in [0.717, 1.165) is 31.9 Å². The average Bonchev–Trinajstić information content (AvgIpc) is 3.02. The standard InChI is InChI=1S/C17H22N4/c18-13-17(7-3-5-14-4-1-2-6-15(14)17)21-11-10-20-9-8-19-16(20)12-21/h1-2,4,6,8-9H,3,5,7,10-13,18H2. The van der Waals surface area contributed by atoms with E-state index in [-0.39, 0.29) is 5.54 Å². The van der Waals surface area contributed by atoms with Crippen LogP contribution in [0.5, 0.6) is 0 Å². The summed E-state index contributed by atoms with van der Waals surface area (Å²) in [5.41, 5.74) is 9.22. The molecule has 0 radical (unpaired) electrons. The number of hydrogen-bond acceptors (Lipinski definition) is 3. The Balaban J connectivity index is 1.75. The van der Waals surface area contributed by atoms with E-state index in [1.54, 1.807) is 0 Å². The number of rotatable bonds is 2. The summed E-state index contributed by atoms with van der Waals surface area (Å²) < 4.78 is 2.26. The van der Waals surface area contributed by atoms with Crippen LogP contribution < -0.4 is 5.73 Å². The molecule has 21 heavy (non-hydrogen) atoms. The third-order valence-corrected chi connectivity index (χ3v) is 5.24. The highest BCUT2D eigenvalue weighted by atomic mass is 15.3. The monoisotopic (exact) mass is 282 g/mol.